The Hall–Kier alpha value is -1.91. The maximum Gasteiger partial charge on any atom is 0.250 e. The average molecular weight is 283 g/mol. The Morgan fingerprint density at radius 2 is 1.76 bits per heavy atom. The monoisotopic (exact) mass is 283 g/mol. The van der Waals surface area contributed by atoms with E-state index < -0.39 is 0 Å². The van der Waals surface area contributed by atoms with E-state index in [1.165, 1.54) is 32.1 Å². The molecule has 4 rings (SSSR count). The number of para-hydroxylation sites is 1. The van der Waals surface area contributed by atoms with Crippen LogP contribution in [0.2, 0.25) is 0 Å². The fraction of sp³-hybridized carbons (Fsp3) is 0.562. The van der Waals surface area contributed by atoms with Crippen LogP contribution in [0.25, 0.3) is 5.69 Å². The Morgan fingerprint density at radius 3 is 2.62 bits per heavy atom. The predicted octanol–water partition coefficient (Wildman–Crippen LogP) is 2.68. The van der Waals surface area contributed by atoms with Gasteiger partial charge in [0.1, 0.15) is 0 Å². The first-order valence-corrected chi connectivity index (χ1v) is 8.00. The van der Waals surface area contributed by atoms with Crippen molar-refractivity contribution < 1.29 is 0 Å². The highest BCUT2D eigenvalue weighted by Crippen LogP contribution is 2.37. The number of benzene rings is 1. The van der Waals surface area contributed by atoms with Crippen molar-refractivity contribution >= 4 is 5.95 Å². The van der Waals surface area contributed by atoms with E-state index in [1.807, 2.05) is 35.0 Å². The molecule has 5 nitrogen and oxygen atoms in total. The minimum atomic E-state index is 0.827. The van der Waals surface area contributed by atoms with Gasteiger partial charge in [0.05, 0.1) is 5.69 Å². The highest BCUT2D eigenvalue weighted by atomic mass is 15.6. The molecule has 1 aliphatic heterocycles. The van der Waals surface area contributed by atoms with Crippen LogP contribution in [-0.2, 0) is 0 Å². The maximum atomic E-state index is 4.28. The van der Waals surface area contributed by atoms with Crippen molar-refractivity contribution in [1.29, 1.82) is 0 Å². The van der Waals surface area contributed by atoms with Gasteiger partial charge in [-0.3, -0.25) is 0 Å². The summed E-state index contributed by atoms with van der Waals surface area (Å²) in [7, 11) is 0. The Kier molecular flexibility index (Phi) is 3.33. The van der Waals surface area contributed by atoms with E-state index in [1.54, 1.807) is 0 Å². The minimum absolute atomic E-state index is 0.827. The van der Waals surface area contributed by atoms with Gasteiger partial charge in [0.2, 0.25) is 5.95 Å². The molecule has 0 amide bonds. The molecule has 5 heteroatoms. The Labute approximate surface area is 125 Å². The minimum Gasteiger partial charge on any atom is -0.339 e. The van der Waals surface area contributed by atoms with E-state index in [4.69, 9.17) is 0 Å². The van der Waals surface area contributed by atoms with E-state index in [-0.39, 0.29) is 0 Å². The highest BCUT2D eigenvalue weighted by molar-refractivity contribution is 5.40. The molecule has 0 radical (unpaired) electrons. The number of nitrogens with zero attached hydrogens (tertiary/aromatic N) is 5. The first kappa shape index (κ1) is 12.8. The highest BCUT2D eigenvalue weighted by Gasteiger charge is 2.32. The molecule has 1 saturated heterocycles. The lowest BCUT2D eigenvalue weighted by Crippen LogP contribution is -2.43. The van der Waals surface area contributed by atoms with Gasteiger partial charge in [0.15, 0.2) is 0 Å². The molecule has 2 atom stereocenters. The lowest BCUT2D eigenvalue weighted by molar-refractivity contribution is 0.201. The van der Waals surface area contributed by atoms with Crippen LogP contribution in [0.5, 0.6) is 0 Å². The number of hydrogen-bond donors (Lipinski definition) is 0. The fourth-order valence-corrected chi connectivity index (χ4v) is 3.90. The molecule has 1 aromatic carbocycles. The van der Waals surface area contributed by atoms with Crippen LogP contribution >= 0.6 is 0 Å². The van der Waals surface area contributed by atoms with Crippen LogP contribution in [-0.4, -0.2) is 33.3 Å². The summed E-state index contributed by atoms with van der Waals surface area (Å²) in [5, 5.41) is 12.4. The molecule has 21 heavy (non-hydrogen) atoms. The topological polar surface area (TPSA) is 46.8 Å². The Bertz CT molecular complexity index is 594. The molecule has 1 aliphatic carbocycles. The Balaban J connectivity index is 1.59. The Morgan fingerprint density at radius 1 is 0.952 bits per heavy atom. The van der Waals surface area contributed by atoms with Crippen molar-refractivity contribution in [2.75, 3.05) is 18.0 Å². The van der Waals surface area contributed by atoms with Crippen molar-refractivity contribution in [2.45, 2.75) is 32.1 Å². The average Bonchev–Trinajstić information content (AvgIpc) is 3.05. The summed E-state index contributed by atoms with van der Waals surface area (Å²) in [5.74, 6) is 2.65. The first-order valence-electron chi connectivity index (χ1n) is 8.00. The summed E-state index contributed by atoms with van der Waals surface area (Å²) in [6.45, 7) is 2.19. The number of hydrogen-bond acceptors (Lipinski definition) is 4. The number of tetrazole rings is 1. The molecule has 2 heterocycles. The molecular formula is C16H21N5. The number of fused-ring (bicyclic) bond motifs is 1. The van der Waals surface area contributed by atoms with Gasteiger partial charge in [-0.2, -0.15) is 4.68 Å². The lowest BCUT2D eigenvalue weighted by Gasteiger charge is -2.41. The summed E-state index contributed by atoms with van der Waals surface area (Å²) < 4.78 is 1.86. The van der Waals surface area contributed by atoms with Crippen molar-refractivity contribution in [3.8, 4) is 5.69 Å². The van der Waals surface area contributed by atoms with Crippen LogP contribution < -0.4 is 4.90 Å². The van der Waals surface area contributed by atoms with Crippen molar-refractivity contribution in [2.24, 2.45) is 11.8 Å². The second-order valence-corrected chi connectivity index (χ2v) is 6.27. The third-order valence-electron chi connectivity index (χ3n) is 5.03. The van der Waals surface area contributed by atoms with E-state index in [2.05, 4.69) is 20.4 Å². The molecule has 1 aromatic heterocycles. The lowest BCUT2D eigenvalue weighted by atomic mass is 9.75. The zero-order valence-corrected chi connectivity index (χ0v) is 12.2. The molecule has 0 N–H and O–H groups in total. The maximum absolute atomic E-state index is 4.28. The third kappa shape index (κ3) is 2.41. The van der Waals surface area contributed by atoms with Gasteiger partial charge in [-0.15, -0.1) is 0 Å². The summed E-state index contributed by atoms with van der Waals surface area (Å²) in [6, 6.07) is 10.2. The molecule has 1 saturated carbocycles. The molecular weight excluding hydrogens is 262 g/mol. The normalized spacial score (nSPS) is 25.6. The van der Waals surface area contributed by atoms with Gasteiger partial charge in [-0.1, -0.05) is 42.6 Å². The van der Waals surface area contributed by atoms with E-state index >= 15 is 0 Å². The van der Waals surface area contributed by atoms with Crippen LogP contribution in [0.15, 0.2) is 30.3 Å². The summed E-state index contributed by atoms with van der Waals surface area (Å²) >= 11 is 0. The molecule has 2 aliphatic rings. The van der Waals surface area contributed by atoms with E-state index in [9.17, 15) is 0 Å². The number of anilines is 1. The molecule has 0 spiro atoms. The van der Waals surface area contributed by atoms with Gasteiger partial charge in [0, 0.05) is 13.1 Å². The third-order valence-corrected chi connectivity index (χ3v) is 5.03. The van der Waals surface area contributed by atoms with Crippen LogP contribution in [0.3, 0.4) is 0 Å². The van der Waals surface area contributed by atoms with Crippen molar-refractivity contribution in [3.05, 3.63) is 30.3 Å². The standard InChI is InChI=1S/C16H21N5/c1-2-8-15(9-3-1)21-16(17-18-19-21)20-11-10-13-6-4-5-7-14(13)12-20/h1-3,8-9,13-14H,4-7,10-12H2/t13-,14-/m1/s1. The summed E-state index contributed by atoms with van der Waals surface area (Å²) in [6.07, 6.45) is 6.88. The smallest absolute Gasteiger partial charge is 0.250 e. The molecule has 110 valence electrons. The predicted molar refractivity (Wildman–Crippen MR) is 81.4 cm³/mol. The summed E-state index contributed by atoms with van der Waals surface area (Å²) in [4.78, 5) is 2.37. The first-order chi connectivity index (χ1) is 10.4. The second-order valence-electron chi connectivity index (χ2n) is 6.27. The van der Waals surface area contributed by atoms with Gasteiger partial charge >= 0.3 is 0 Å². The SMILES string of the molecule is c1ccc(-n2nnnc2N2CC[C@H]3CCCC[C@@H]3C2)cc1. The number of rotatable bonds is 2. The zero-order valence-electron chi connectivity index (χ0n) is 12.2. The largest absolute Gasteiger partial charge is 0.339 e. The van der Waals surface area contributed by atoms with Gasteiger partial charge in [-0.05, 0) is 47.2 Å². The molecule has 2 fully saturated rings. The van der Waals surface area contributed by atoms with Crippen LogP contribution in [0.1, 0.15) is 32.1 Å². The molecule has 0 unspecified atom stereocenters. The number of piperidine rings is 1. The van der Waals surface area contributed by atoms with Crippen molar-refractivity contribution in [3.63, 3.8) is 0 Å². The van der Waals surface area contributed by atoms with Crippen LogP contribution in [0, 0.1) is 11.8 Å². The molecule has 0 bridgehead atoms. The number of aromatic nitrogens is 4. The van der Waals surface area contributed by atoms with Crippen molar-refractivity contribution in [1.82, 2.24) is 20.2 Å². The quantitative estimate of drug-likeness (QED) is 0.850. The zero-order chi connectivity index (χ0) is 14.1. The molecule has 2 aromatic rings. The second kappa shape index (κ2) is 5.47. The summed E-state index contributed by atoms with van der Waals surface area (Å²) in [5.41, 5.74) is 1.03. The van der Waals surface area contributed by atoms with Crippen LogP contribution in [0.4, 0.5) is 5.95 Å². The van der Waals surface area contributed by atoms with E-state index in [0.29, 0.717) is 0 Å². The fourth-order valence-electron chi connectivity index (χ4n) is 3.90. The van der Waals surface area contributed by atoms with E-state index in [0.717, 1.165) is 36.6 Å². The van der Waals surface area contributed by atoms with Gasteiger partial charge in [0.25, 0.3) is 0 Å². The van der Waals surface area contributed by atoms with Gasteiger partial charge < -0.3 is 4.90 Å². The van der Waals surface area contributed by atoms with Gasteiger partial charge in [-0.25, -0.2) is 0 Å².